The van der Waals surface area contributed by atoms with Crippen LogP contribution in [0.5, 0.6) is 0 Å². The molecule has 23 heavy (non-hydrogen) atoms. The third-order valence-electron chi connectivity index (χ3n) is 3.18. The lowest BCUT2D eigenvalue weighted by molar-refractivity contribution is 0.262. The Kier molecular flexibility index (Phi) is 4.01. The fraction of sp³-hybridized carbons (Fsp3) is 0.0625. The van der Waals surface area contributed by atoms with Crippen molar-refractivity contribution in [1.29, 1.82) is 0 Å². The fourth-order valence-electron chi connectivity index (χ4n) is 2.05. The molecule has 2 amide bonds. The van der Waals surface area contributed by atoms with Crippen LogP contribution in [0.15, 0.2) is 55.0 Å². The summed E-state index contributed by atoms with van der Waals surface area (Å²) in [6, 6.07) is 8.62. The lowest BCUT2D eigenvalue weighted by Gasteiger charge is -2.08. The zero-order chi connectivity index (χ0) is 16.2. The first kappa shape index (κ1) is 14.7. The molecule has 6 nitrogen and oxygen atoms in total. The number of urea groups is 1. The first-order valence-electron chi connectivity index (χ1n) is 6.92. The van der Waals surface area contributed by atoms with Crippen molar-refractivity contribution in [3.05, 3.63) is 66.6 Å². The average Bonchev–Trinajstić information content (AvgIpc) is 2.96. The molecule has 2 N–H and O–H groups in total. The largest absolute Gasteiger partial charge is 0.323 e. The minimum Gasteiger partial charge on any atom is -0.308 e. The lowest BCUT2D eigenvalue weighted by atomic mass is 10.3. The van der Waals surface area contributed by atoms with Gasteiger partial charge in [0.2, 0.25) is 0 Å². The summed E-state index contributed by atoms with van der Waals surface area (Å²) in [7, 11) is 0. The molecule has 0 spiro atoms. The van der Waals surface area contributed by atoms with E-state index >= 15 is 0 Å². The molecule has 0 atom stereocenters. The predicted octanol–water partition coefficient (Wildman–Crippen LogP) is 3.36. The Hall–Kier alpha value is -3.22. The Bertz CT molecular complexity index is 811. The number of hydrogen-bond acceptors (Lipinski definition) is 3. The van der Waals surface area contributed by atoms with Crippen LogP contribution in [-0.2, 0) is 0 Å². The van der Waals surface area contributed by atoms with Crippen LogP contribution in [0.25, 0.3) is 5.82 Å². The minimum absolute atomic E-state index is 0.356. The van der Waals surface area contributed by atoms with Gasteiger partial charge in [-0.25, -0.2) is 19.2 Å². The molecule has 2 aromatic heterocycles. The van der Waals surface area contributed by atoms with Gasteiger partial charge in [0.25, 0.3) is 0 Å². The Labute approximate surface area is 132 Å². The van der Waals surface area contributed by atoms with Crippen LogP contribution in [0, 0.1) is 12.7 Å². The second kappa shape index (κ2) is 6.27. The van der Waals surface area contributed by atoms with Gasteiger partial charge in [0, 0.05) is 18.1 Å². The van der Waals surface area contributed by atoms with E-state index in [1.54, 1.807) is 24.5 Å². The lowest BCUT2D eigenvalue weighted by Crippen LogP contribution is -2.19. The normalized spacial score (nSPS) is 10.3. The number of rotatable bonds is 3. The average molecular weight is 311 g/mol. The second-order valence-electron chi connectivity index (χ2n) is 4.84. The maximum atomic E-state index is 12.8. The first-order chi connectivity index (χ1) is 11.1. The summed E-state index contributed by atoms with van der Waals surface area (Å²) in [5.41, 5.74) is 1.05. The topological polar surface area (TPSA) is 71.8 Å². The smallest absolute Gasteiger partial charge is 0.308 e. The number of anilines is 2. The molecular weight excluding hydrogens is 297 g/mol. The van der Waals surface area contributed by atoms with Gasteiger partial charge in [-0.3, -0.25) is 4.57 Å². The van der Waals surface area contributed by atoms with Crippen LogP contribution in [0.3, 0.4) is 0 Å². The maximum absolute atomic E-state index is 12.8. The van der Waals surface area contributed by atoms with Gasteiger partial charge in [-0.05, 0) is 43.3 Å². The molecule has 0 aliphatic heterocycles. The maximum Gasteiger partial charge on any atom is 0.323 e. The fourth-order valence-corrected chi connectivity index (χ4v) is 2.05. The highest BCUT2D eigenvalue weighted by molar-refractivity contribution is 5.99. The quantitative estimate of drug-likeness (QED) is 0.779. The molecule has 2 heterocycles. The summed E-state index contributed by atoms with van der Waals surface area (Å²) in [5, 5.41) is 5.27. The zero-order valence-corrected chi connectivity index (χ0v) is 12.3. The number of aromatic nitrogens is 3. The number of nitrogens with zero attached hydrogens (tertiary/aromatic N) is 3. The van der Waals surface area contributed by atoms with Crippen molar-refractivity contribution in [3.8, 4) is 5.82 Å². The highest BCUT2D eigenvalue weighted by Crippen LogP contribution is 2.13. The summed E-state index contributed by atoms with van der Waals surface area (Å²) in [5.74, 6) is 1.18. The summed E-state index contributed by atoms with van der Waals surface area (Å²) >= 11 is 0. The molecule has 0 saturated heterocycles. The highest BCUT2D eigenvalue weighted by Gasteiger charge is 2.05. The molecule has 7 heteroatoms. The number of carbonyl (C=O) groups is 1. The summed E-state index contributed by atoms with van der Waals surface area (Å²) < 4.78 is 14.6. The van der Waals surface area contributed by atoms with Gasteiger partial charge >= 0.3 is 6.03 Å². The number of imidazole rings is 1. The van der Waals surface area contributed by atoms with E-state index in [0.717, 1.165) is 5.82 Å². The third kappa shape index (κ3) is 3.52. The Balaban J connectivity index is 1.65. The number of halogens is 1. The number of pyridine rings is 1. The van der Waals surface area contributed by atoms with E-state index < -0.39 is 6.03 Å². The Morgan fingerprint density at radius 2 is 1.74 bits per heavy atom. The molecule has 116 valence electrons. The second-order valence-corrected chi connectivity index (χ2v) is 4.84. The zero-order valence-electron chi connectivity index (χ0n) is 12.3. The van der Waals surface area contributed by atoms with Crippen LogP contribution in [0.1, 0.15) is 5.82 Å². The standard InChI is InChI=1S/C16H14FN5O/c1-11-18-8-9-22(11)15-7-6-14(10-19-15)21-16(23)20-13-4-2-12(17)3-5-13/h2-10H,1H3,(H2,20,21,23). The van der Waals surface area contributed by atoms with E-state index in [2.05, 4.69) is 20.6 Å². The number of aryl methyl sites for hydroxylation is 1. The number of hydrogen-bond donors (Lipinski definition) is 2. The van der Waals surface area contributed by atoms with E-state index in [-0.39, 0.29) is 5.82 Å². The van der Waals surface area contributed by atoms with Crippen molar-refractivity contribution in [2.75, 3.05) is 10.6 Å². The predicted molar refractivity (Wildman–Crippen MR) is 85.1 cm³/mol. The monoisotopic (exact) mass is 311 g/mol. The van der Waals surface area contributed by atoms with Crippen LogP contribution in [-0.4, -0.2) is 20.6 Å². The molecule has 0 saturated carbocycles. The molecule has 0 bridgehead atoms. The van der Waals surface area contributed by atoms with Crippen molar-refractivity contribution in [3.63, 3.8) is 0 Å². The molecule has 3 rings (SSSR count). The van der Waals surface area contributed by atoms with E-state index in [4.69, 9.17) is 0 Å². The molecule has 1 aromatic carbocycles. The number of nitrogens with one attached hydrogen (secondary N) is 2. The molecule has 3 aromatic rings. The van der Waals surface area contributed by atoms with Gasteiger partial charge in [-0.2, -0.15) is 0 Å². The van der Waals surface area contributed by atoms with Crippen molar-refractivity contribution in [2.24, 2.45) is 0 Å². The van der Waals surface area contributed by atoms with Gasteiger partial charge in [0.1, 0.15) is 17.5 Å². The molecular formula is C16H14FN5O. The van der Waals surface area contributed by atoms with Crippen LogP contribution < -0.4 is 10.6 Å². The van der Waals surface area contributed by atoms with E-state index in [0.29, 0.717) is 17.2 Å². The van der Waals surface area contributed by atoms with Crippen molar-refractivity contribution in [2.45, 2.75) is 6.92 Å². The molecule has 0 unspecified atom stereocenters. The van der Waals surface area contributed by atoms with E-state index in [1.165, 1.54) is 24.3 Å². The van der Waals surface area contributed by atoms with Gasteiger partial charge in [-0.1, -0.05) is 0 Å². The Morgan fingerprint density at radius 1 is 1.04 bits per heavy atom. The van der Waals surface area contributed by atoms with E-state index in [9.17, 15) is 9.18 Å². The van der Waals surface area contributed by atoms with Crippen molar-refractivity contribution >= 4 is 17.4 Å². The Morgan fingerprint density at radius 3 is 2.35 bits per heavy atom. The molecule has 0 aliphatic rings. The van der Waals surface area contributed by atoms with Gasteiger partial charge < -0.3 is 10.6 Å². The summed E-state index contributed by atoms with van der Waals surface area (Å²) in [6.45, 7) is 1.88. The summed E-state index contributed by atoms with van der Waals surface area (Å²) in [6.07, 6.45) is 5.06. The van der Waals surface area contributed by atoms with Crippen molar-refractivity contribution < 1.29 is 9.18 Å². The number of amides is 2. The van der Waals surface area contributed by atoms with Crippen molar-refractivity contribution in [1.82, 2.24) is 14.5 Å². The van der Waals surface area contributed by atoms with E-state index in [1.807, 2.05) is 17.7 Å². The summed E-state index contributed by atoms with van der Waals surface area (Å²) in [4.78, 5) is 20.3. The van der Waals surface area contributed by atoms with Crippen LogP contribution in [0.2, 0.25) is 0 Å². The highest BCUT2D eigenvalue weighted by atomic mass is 19.1. The molecule has 0 radical (unpaired) electrons. The van der Waals surface area contributed by atoms with Crippen LogP contribution in [0.4, 0.5) is 20.6 Å². The minimum atomic E-state index is -0.426. The third-order valence-corrected chi connectivity index (χ3v) is 3.18. The first-order valence-corrected chi connectivity index (χ1v) is 6.92. The molecule has 0 fully saturated rings. The number of carbonyl (C=O) groups excluding carboxylic acids is 1. The SMILES string of the molecule is Cc1nccn1-c1ccc(NC(=O)Nc2ccc(F)cc2)cn1. The van der Waals surface area contributed by atoms with Gasteiger partial charge in [0.05, 0.1) is 11.9 Å². The van der Waals surface area contributed by atoms with Gasteiger partial charge in [-0.15, -0.1) is 0 Å². The van der Waals surface area contributed by atoms with Gasteiger partial charge in [0.15, 0.2) is 0 Å². The number of benzene rings is 1. The molecule has 0 aliphatic carbocycles. The van der Waals surface area contributed by atoms with Crippen LogP contribution >= 0.6 is 0 Å².